The Bertz CT molecular complexity index is 909. The highest BCUT2D eigenvalue weighted by molar-refractivity contribution is 5.94. The second-order valence-electron chi connectivity index (χ2n) is 6.75. The molecule has 1 aliphatic carbocycles. The smallest absolute Gasteiger partial charge is 0.227 e. The number of carbonyl (C=O) groups excluding carboxylic acids is 1. The fourth-order valence-corrected chi connectivity index (χ4v) is 3.47. The van der Waals surface area contributed by atoms with Crippen molar-refractivity contribution in [2.24, 2.45) is 5.92 Å². The van der Waals surface area contributed by atoms with Crippen molar-refractivity contribution in [1.82, 2.24) is 4.98 Å². The van der Waals surface area contributed by atoms with Gasteiger partial charge in [0, 0.05) is 23.2 Å². The van der Waals surface area contributed by atoms with Gasteiger partial charge in [0.25, 0.3) is 0 Å². The molecule has 5 nitrogen and oxygen atoms in total. The quantitative estimate of drug-likeness (QED) is 0.717. The lowest BCUT2D eigenvalue weighted by atomic mass is 9.88. The normalized spacial score (nSPS) is 15.1. The maximum atomic E-state index is 12.4. The van der Waals surface area contributed by atoms with Gasteiger partial charge in [-0.2, -0.15) is 0 Å². The van der Waals surface area contributed by atoms with Crippen molar-refractivity contribution in [1.29, 1.82) is 0 Å². The summed E-state index contributed by atoms with van der Waals surface area (Å²) < 4.78 is 11.1. The van der Waals surface area contributed by atoms with Crippen LogP contribution < -0.4 is 10.1 Å². The van der Waals surface area contributed by atoms with Crippen LogP contribution in [-0.4, -0.2) is 18.0 Å². The van der Waals surface area contributed by atoms with Gasteiger partial charge in [-0.05, 0) is 49.2 Å². The standard InChI is InChI=1S/C21H22N2O3/c1-25-17-10-7-15(8-11-17)21-23-18-12-9-16(13-19(18)26-21)22-20(24)14-5-3-2-4-6-14/h7-14H,2-6H2,1H3,(H,22,24). The zero-order valence-electron chi connectivity index (χ0n) is 14.8. The van der Waals surface area contributed by atoms with Gasteiger partial charge < -0.3 is 14.5 Å². The van der Waals surface area contributed by atoms with Gasteiger partial charge in [-0.3, -0.25) is 4.79 Å². The highest BCUT2D eigenvalue weighted by atomic mass is 16.5. The summed E-state index contributed by atoms with van der Waals surface area (Å²) in [4.78, 5) is 16.9. The molecule has 0 aliphatic heterocycles. The number of ether oxygens (including phenoxy) is 1. The molecule has 1 heterocycles. The largest absolute Gasteiger partial charge is 0.497 e. The number of hydrogen-bond donors (Lipinski definition) is 1. The number of carbonyl (C=O) groups is 1. The minimum Gasteiger partial charge on any atom is -0.497 e. The van der Waals surface area contributed by atoms with Crippen LogP contribution in [0.2, 0.25) is 0 Å². The molecule has 134 valence electrons. The third-order valence-electron chi connectivity index (χ3n) is 4.97. The van der Waals surface area contributed by atoms with Gasteiger partial charge in [0.15, 0.2) is 5.58 Å². The summed E-state index contributed by atoms with van der Waals surface area (Å²) in [6.07, 6.45) is 5.49. The third kappa shape index (κ3) is 3.43. The van der Waals surface area contributed by atoms with Crippen LogP contribution in [0.5, 0.6) is 5.75 Å². The summed E-state index contributed by atoms with van der Waals surface area (Å²) in [5, 5.41) is 3.02. The summed E-state index contributed by atoms with van der Waals surface area (Å²) in [6, 6.07) is 13.2. The van der Waals surface area contributed by atoms with E-state index in [4.69, 9.17) is 9.15 Å². The van der Waals surface area contributed by atoms with Gasteiger partial charge in [-0.1, -0.05) is 19.3 Å². The van der Waals surface area contributed by atoms with Gasteiger partial charge in [-0.15, -0.1) is 0 Å². The van der Waals surface area contributed by atoms with Crippen LogP contribution in [-0.2, 0) is 4.79 Å². The van der Waals surface area contributed by atoms with Crippen molar-refractivity contribution >= 4 is 22.7 Å². The fraction of sp³-hybridized carbons (Fsp3) is 0.333. The monoisotopic (exact) mass is 350 g/mol. The van der Waals surface area contributed by atoms with E-state index in [1.165, 1.54) is 6.42 Å². The number of nitrogens with one attached hydrogen (secondary N) is 1. The number of amides is 1. The van der Waals surface area contributed by atoms with E-state index in [0.29, 0.717) is 11.5 Å². The third-order valence-corrected chi connectivity index (χ3v) is 4.97. The average molecular weight is 350 g/mol. The summed E-state index contributed by atoms with van der Waals surface area (Å²) in [5.41, 5.74) is 3.07. The highest BCUT2D eigenvalue weighted by Crippen LogP contribution is 2.29. The summed E-state index contributed by atoms with van der Waals surface area (Å²) >= 11 is 0. The van der Waals surface area contributed by atoms with Crippen LogP contribution in [0.25, 0.3) is 22.6 Å². The SMILES string of the molecule is COc1ccc(-c2nc3ccc(NC(=O)C4CCCCC4)cc3o2)cc1. The molecule has 1 aromatic heterocycles. The molecule has 5 heteroatoms. The maximum absolute atomic E-state index is 12.4. The molecule has 0 saturated heterocycles. The molecule has 1 fully saturated rings. The lowest BCUT2D eigenvalue weighted by Gasteiger charge is -2.20. The zero-order chi connectivity index (χ0) is 17.9. The van der Waals surface area contributed by atoms with E-state index in [9.17, 15) is 4.79 Å². The topological polar surface area (TPSA) is 64.4 Å². The molecule has 0 atom stereocenters. The first kappa shape index (κ1) is 16.6. The van der Waals surface area contributed by atoms with E-state index in [1.54, 1.807) is 7.11 Å². The van der Waals surface area contributed by atoms with Gasteiger partial charge >= 0.3 is 0 Å². The molecule has 26 heavy (non-hydrogen) atoms. The number of rotatable bonds is 4. The number of aromatic nitrogens is 1. The number of fused-ring (bicyclic) bond motifs is 1. The van der Waals surface area contributed by atoms with Crippen molar-refractivity contribution in [2.75, 3.05) is 12.4 Å². The Labute approximate surface area is 152 Å². The Balaban J connectivity index is 1.54. The van der Waals surface area contributed by atoms with E-state index in [1.807, 2.05) is 42.5 Å². The second kappa shape index (κ2) is 7.20. The van der Waals surface area contributed by atoms with E-state index >= 15 is 0 Å². The number of benzene rings is 2. The van der Waals surface area contributed by atoms with Crippen molar-refractivity contribution < 1.29 is 13.9 Å². The molecule has 0 unspecified atom stereocenters. The van der Waals surface area contributed by atoms with E-state index in [0.717, 1.165) is 48.2 Å². The predicted octanol–water partition coefficient (Wildman–Crippen LogP) is 5.02. The Morgan fingerprint density at radius 3 is 2.62 bits per heavy atom. The first-order valence-corrected chi connectivity index (χ1v) is 9.09. The molecule has 0 spiro atoms. The zero-order valence-corrected chi connectivity index (χ0v) is 14.8. The van der Waals surface area contributed by atoms with Crippen LogP contribution in [0.15, 0.2) is 46.9 Å². The molecule has 1 amide bonds. The first-order chi connectivity index (χ1) is 12.7. The molecule has 2 aromatic carbocycles. The van der Waals surface area contributed by atoms with Crippen molar-refractivity contribution in [3.8, 4) is 17.2 Å². The number of hydrogen-bond acceptors (Lipinski definition) is 4. The molecular weight excluding hydrogens is 328 g/mol. The average Bonchev–Trinajstić information content (AvgIpc) is 3.12. The number of oxazole rings is 1. The molecule has 0 bridgehead atoms. The predicted molar refractivity (Wildman–Crippen MR) is 101 cm³/mol. The Kier molecular flexibility index (Phi) is 4.61. The van der Waals surface area contributed by atoms with Crippen LogP contribution in [0.4, 0.5) is 5.69 Å². The van der Waals surface area contributed by atoms with Gasteiger partial charge in [0.05, 0.1) is 7.11 Å². The molecular formula is C21H22N2O3. The van der Waals surface area contributed by atoms with Gasteiger partial charge in [0.2, 0.25) is 11.8 Å². The van der Waals surface area contributed by atoms with Crippen LogP contribution in [0.3, 0.4) is 0 Å². The number of anilines is 1. The van der Waals surface area contributed by atoms with E-state index < -0.39 is 0 Å². The van der Waals surface area contributed by atoms with Crippen LogP contribution >= 0.6 is 0 Å². The second-order valence-corrected chi connectivity index (χ2v) is 6.75. The fourth-order valence-electron chi connectivity index (χ4n) is 3.47. The lowest BCUT2D eigenvalue weighted by molar-refractivity contribution is -0.120. The van der Waals surface area contributed by atoms with Gasteiger partial charge in [0.1, 0.15) is 11.3 Å². The van der Waals surface area contributed by atoms with E-state index in [2.05, 4.69) is 10.3 Å². The number of methoxy groups -OCH3 is 1. The summed E-state index contributed by atoms with van der Waals surface area (Å²) in [7, 11) is 1.64. The van der Waals surface area contributed by atoms with Crippen molar-refractivity contribution in [3.63, 3.8) is 0 Å². The highest BCUT2D eigenvalue weighted by Gasteiger charge is 2.21. The molecule has 3 aromatic rings. The molecule has 0 radical (unpaired) electrons. The number of nitrogens with zero attached hydrogens (tertiary/aromatic N) is 1. The summed E-state index contributed by atoms with van der Waals surface area (Å²) in [5.74, 6) is 1.58. The van der Waals surface area contributed by atoms with Crippen molar-refractivity contribution in [2.45, 2.75) is 32.1 Å². The Hall–Kier alpha value is -2.82. The minimum absolute atomic E-state index is 0.110. The summed E-state index contributed by atoms with van der Waals surface area (Å²) in [6.45, 7) is 0. The lowest BCUT2D eigenvalue weighted by Crippen LogP contribution is -2.24. The molecule has 1 aliphatic rings. The van der Waals surface area contributed by atoms with Crippen LogP contribution in [0.1, 0.15) is 32.1 Å². The Morgan fingerprint density at radius 2 is 1.88 bits per heavy atom. The van der Waals surface area contributed by atoms with Crippen LogP contribution in [0, 0.1) is 5.92 Å². The Morgan fingerprint density at radius 1 is 1.12 bits per heavy atom. The first-order valence-electron chi connectivity index (χ1n) is 9.09. The van der Waals surface area contributed by atoms with E-state index in [-0.39, 0.29) is 11.8 Å². The molecule has 1 N–H and O–H groups in total. The molecule has 4 rings (SSSR count). The van der Waals surface area contributed by atoms with Crippen molar-refractivity contribution in [3.05, 3.63) is 42.5 Å². The van der Waals surface area contributed by atoms with Gasteiger partial charge in [-0.25, -0.2) is 4.98 Å². The minimum atomic E-state index is 0.110. The maximum Gasteiger partial charge on any atom is 0.227 e. The molecule has 1 saturated carbocycles.